The van der Waals surface area contributed by atoms with Crippen LogP contribution in [-0.2, 0) is 13.2 Å². The molecule has 0 amide bonds. The minimum absolute atomic E-state index is 0.132. The number of rotatable bonds is 6. The molecule has 2 heterocycles. The number of benzene rings is 2. The van der Waals surface area contributed by atoms with Crippen molar-refractivity contribution in [3.63, 3.8) is 0 Å². The van der Waals surface area contributed by atoms with Crippen molar-refractivity contribution in [3.05, 3.63) is 82.5 Å². The van der Waals surface area contributed by atoms with Gasteiger partial charge in [0.25, 0.3) is 5.89 Å². The number of aromatic amines is 1. The molecule has 7 nitrogen and oxygen atoms in total. The Labute approximate surface area is 148 Å². The van der Waals surface area contributed by atoms with E-state index in [1.807, 2.05) is 36.4 Å². The SMILES string of the molecule is O=c1ccc2cc(OCc3nnc(NCc4ccccc4)o3)ccc2[nH]1. The molecule has 26 heavy (non-hydrogen) atoms. The lowest BCUT2D eigenvalue weighted by atomic mass is 10.2. The van der Waals surface area contributed by atoms with Gasteiger partial charge in [0, 0.05) is 23.5 Å². The van der Waals surface area contributed by atoms with Gasteiger partial charge in [-0.1, -0.05) is 35.4 Å². The first-order valence-corrected chi connectivity index (χ1v) is 8.12. The van der Waals surface area contributed by atoms with Crippen molar-refractivity contribution in [2.24, 2.45) is 0 Å². The molecule has 4 rings (SSSR count). The Morgan fingerprint density at radius 1 is 1.04 bits per heavy atom. The average Bonchev–Trinajstić information content (AvgIpc) is 3.13. The number of ether oxygens (including phenoxy) is 1. The molecule has 0 unspecified atom stereocenters. The maximum Gasteiger partial charge on any atom is 0.315 e. The number of pyridine rings is 1. The second-order valence-corrected chi connectivity index (χ2v) is 5.70. The molecule has 0 aliphatic carbocycles. The Morgan fingerprint density at radius 2 is 1.92 bits per heavy atom. The highest BCUT2D eigenvalue weighted by Gasteiger charge is 2.07. The normalized spacial score (nSPS) is 10.8. The van der Waals surface area contributed by atoms with Gasteiger partial charge in [0.1, 0.15) is 5.75 Å². The van der Waals surface area contributed by atoms with E-state index in [9.17, 15) is 4.79 Å². The number of nitrogens with zero attached hydrogens (tertiary/aromatic N) is 2. The summed E-state index contributed by atoms with van der Waals surface area (Å²) in [7, 11) is 0. The van der Waals surface area contributed by atoms with Gasteiger partial charge in [-0.25, -0.2) is 0 Å². The molecule has 4 aromatic rings. The Balaban J connectivity index is 1.37. The van der Waals surface area contributed by atoms with Crippen LogP contribution in [0.3, 0.4) is 0 Å². The summed E-state index contributed by atoms with van der Waals surface area (Å²) in [5.41, 5.74) is 1.75. The van der Waals surface area contributed by atoms with Crippen LogP contribution in [0.5, 0.6) is 5.75 Å². The lowest BCUT2D eigenvalue weighted by Crippen LogP contribution is -2.02. The smallest absolute Gasteiger partial charge is 0.315 e. The number of hydrogen-bond donors (Lipinski definition) is 2. The van der Waals surface area contributed by atoms with Crippen LogP contribution in [0.25, 0.3) is 10.9 Å². The van der Waals surface area contributed by atoms with Crippen molar-refractivity contribution in [2.45, 2.75) is 13.2 Å². The summed E-state index contributed by atoms with van der Waals surface area (Å²) in [6.07, 6.45) is 0. The molecule has 2 aromatic carbocycles. The third kappa shape index (κ3) is 3.72. The molecule has 0 aliphatic heterocycles. The number of anilines is 1. The van der Waals surface area contributed by atoms with E-state index >= 15 is 0 Å². The van der Waals surface area contributed by atoms with Crippen LogP contribution in [-0.4, -0.2) is 15.2 Å². The molecule has 0 fully saturated rings. The zero-order chi connectivity index (χ0) is 17.8. The van der Waals surface area contributed by atoms with Gasteiger partial charge in [-0.05, 0) is 29.8 Å². The van der Waals surface area contributed by atoms with E-state index in [0.717, 1.165) is 16.5 Å². The van der Waals surface area contributed by atoms with Gasteiger partial charge >= 0.3 is 6.01 Å². The predicted octanol–water partition coefficient (Wildman–Crippen LogP) is 3.10. The minimum Gasteiger partial charge on any atom is -0.484 e. The van der Waals surface area contributed by atoms with Gasteiger partial charge in [0.15, 0.2) is 6.61 Å². The molecular formula is C19H16N4O3. The molecule has 0 saturated carbocycles. The second kappa shape index (κ2) is 7.10. The molecule has 0 aliphatic rings. The first-order valence-electron chi connectivity index (χ1n) is 8.12. The summed E-state index contributed by atoms with van der Waals surface area (Å²) < 4.78 is 11.2. The summed E-state index contributed by atoms with van der Waals surface area (Å²) in [4.78, 5) is 14.1. The predicted molar refractivity (Wildman–Crippen MR) is 97.0 cm³/mol. The molecule has 0 bridgehead atoms. The van der Waals surface area contributed by atoms with E-state index in [0.29, 0.717) is 24.2 Å². The molecule has 0 radical (unpaired) electrons. The van der Waals surface area contributed by atoms with E-state index in [-0.39, 0.29) is 12.2 Å². The van der Waals surface area contributed by atoms with E-state index in [1.165, 1.54) is 6.07 Å². The fraction of sp³-hybridized carbons (Fsp3) is 0.105. The van der Waals surface area contributed by atoms with Crippen molar-refractivity contribution in [2.75, 3.05) is 5.32 Å². The topological polar surface area (TPSA) is 93.0 Å². The number of nitrogens with one attached hydrogen (secondary N) is 2. The molecule has 0 spiro atoms. The standard InChI is InChI=1S/C19H16N4O3/c24-17-9-6-14-10-15(7-8-16(14)21-17)25-12-18-22-23-19(26-18)20-11-13-4-2-1-3-5-13/h1-10H,11-12H2,(H,20,23)(H,21,24). The maximum atomic E-state index is 11.3. The first kappa shape index (κ1) is 15.9. The summed E-state index contributed by atoms with van der Waals surface area (Å²) in [6.45, 7) is 0.765. The number of fused-ring (bicyclic) bond motifs is 1. The quantitative estimate of drug-likeness (QED) is 0.556. The number of H-pyrrole nitrogens is 1. The third-order valence-electron chi connectivity index (χ3n) is 3.81. The van der Waals surface area contributed by atoms with Gasteiger partial charge in [0.2, 0.25) is 5.56 Å². The molecule has 2 N–H and O–H groups in total. The van der Waals surface area contributed by atoms with E-state index in [1.54, 1.807) is 18.2 Å². The minimum atomic E-state index is -0.132. The van der Waals surface area contributed by atoms with E-state index in [2.05, 4.69) is 20.5 Å². The summed E-state index contributed by atoms with van der Waals surface area (Å²) in [6, 6.07) is 19.0. The fourth-order valence-electron chi connectivity index (χ4n) is 2.52. The Morgan fingerprint density at radius 3 is 2.81 bits per heavy atom. The first-order chi connectivity index (χ1) is 12.8. The van der Waals surface area contributed by atoms with Gasteiger partial charge in [0.05, 0.1) is 0 Å². The fourth-order valence-corrected chi connectivity index (χ4v) is 2.52. The summed E-state index contributed by atoms with van der Waals surface area (Å²) in [5.74, 6) is 1.03. The average molecular weight is 348 g/mol. The van der Waals surface area contributed by atoms with E-state index < -0.39 is 0 Å². The number of aromatic nitrogens is 3. The molecule has 130 valence electrons. The lowest BCUT2D eigenvalue weighted by molar-refractivity contribution is 0.265. The highest BCUT2D eigenvalue weighted by Crippen LogP contribution is 2.19. The van der Waals surface area contributed by atoms with Gasteiger partial charge in [-0.2, -0.15) is 0 Å². The zero-order valence-corrected chi connectivity index (χ0v) is 13.8. The van der Waals surface area contributed by atoms with Crippen LogP contribution in [0.15, 0.2) is 69.9 Å². The van der Waals surface area contributed by atoms with Crippen LogP contribution in [0.4, 0.5) is 6.01 Å². The third-order valence-corrected chi connectivity index (χ3v) is 3.81. The number of hydrogen-bond acceptors (Lipinski definition) is 6. The Kier molecular flexibility index (Phi) is 4.34. The highest BCUT2D eigenvalue weighted by atomic mass is 16.5. The molecule has 0 saturated heterocycles. The lowest BCUT2D eigenvalue weighted by Gasteiger charge is -2.05. The molecule has 2 aromatic heterocycles. The second-order valence-electron chi connectivity index (χ2n) is 5.70. The summed E-state index contributed by atoms with van der Waals surface area (Å²) >= 11 is 0. The Hall–Kier alpha value is -3.61. The zero-order valence-electron chi connectivity index (χ0n) is 13.8. The van der Waals surface area contributed by atoms with Gasteiger partial charge in [-0.15, -0.1) is 5.10 Å². The highest BCUT2D eigenvalue weighted by molar-refractivity contribution is 5.79. The monoisotopic (exact) mass is 348 g/mol. The van der Waals surface area contributed by atoms with Crippen LogP contribution < -0.4 is 15.6 Å². The van der Waals surface area contributed by atoms with Crippen LogP contribution in [0, 0.1) is 0 Å². The molecular weight excluding hydrogens is 332 g/mol. The van der Waals surface area contributed by atoms with Crippen LogP contribution in [0.1, 0.15) is 11.5 Å². The van der Waals surface area contributed by atoms with Crippen molar-refractivity contribution in [1.82, 2.24) is 15.2 Å². The Bertz CT molecular complexity index is 1070. The van der Waals surface area contributed by atoms with Crippen LogP contribution >= 0.6 is 0 Å². The van der Waals surface area contributed by atoms with Gasteiger partial charge in [-0.3, -0.25) is 4.79 Å². The molecule has 7 heteroatoms. The van der Waals surface area contributed by atoms with Crippen molar-refractivity contribution >= 4 is 16.9 Å². The van der Waals surface area contributed by atoms with E-state index in [4.69, 9.17) is 9.15 Å². The molecule has 0 atom stereocenters. The maximum absolute atomic E-state index is 11.3. The van der Waals surface area contributed by atoms with Gasteiger partial charge < -0.3 is 19.5 Å². The van der Waals surface area contributed by atoms with Crippen molar-refractivity contribution < 1.29 is 9.15 Å². The van der Waals surface area contributed by atoms with Crippen molar-refractivity contribution in [3.8, 4) is 5.75 Å². The van der Waals surface area contributed by atoms with Crippen molar-refractivity contribution in [1.29, 1.82) is 0 Å². The summed E-state index contributed by atoms with van der Waals surface area (Å²) in [5, 5.41) is 11.9. The van der Waals surface area contributed by atoms with Crippen LogP contribution in [0.2, 0.25) is 0 Å². The largest absolute Gasteiger partial charge is 0.484 e.